The highest BCUT2D eigenvalue weighted by molar-refractivity contribution is 5.96. The number of aryl methyl sites for hydroxylation is 2. The van der Waals surface area contributed by atoms with Gasteiger partial charge in [-0.15, -0.1) is 0 Å². The first-order chi connectivity index (χ1) is 13.9. The Balaban J connectivity index is 1.57. The Bertz CT molecular complexity index is 923. The van der Waals surface area contributed by atoms with Crippen molar-refractivity contribution in [3.05, 3.63) is 58.1 Å². The topological polar surface area (TPSA) is 76.7 Å². The lowest BCUT2D eigenvalue weighted by Crippen LogP contribution is -2.36. The highest BCUT2D eigenvalue weighted by Crippen LogP contribution is 2.35. The maximum absolute atomic E-state index is 12.3. The van der Waals surface area contributed by atoms with Gasteiger partial charge in [0.05, 0.1) is 13.2 Å². The van der Waals surface area contributed by atoms with Crippen LogP contribution >= 0.6 is 0 Å². The molecule has 1 aliphatic heterocycles. The van der Waals surface area contributed by atoms with Crippen LogP contribution in [0.2, 0.25) is 0 Å². The lowest BCUT2D eigenvalue weighted by molar-refractivity contribution is -0.120. The average Bonchev–Trinajstić information content (AvgIpc) is 3.05. The first-order valence-corrected chi connectivity index (χ1v) is 9.94. The molecule has 0 saturated heterocycles. The van der Waals surface area contributed by atoms with Gasteiger partial charge in [-0.2, -0.15) is 0 Å². The molecule has 1 atom stereocenters. The standard InChI is InChI=1S/C23H28N2O4/c1-5-28-20-10-18-9-16(4)29-21(18)11-19(20)12-24-22(26)13-25-23(27)17-7-6-14(2)15(3)8-17/h6-8,10-11,16H,5,9,12-13H2,1-4H3,(H,24,26)(H,25,27)/t16-/m1/s1. The summed E-state index contributed by atoms with van der Waals surface area (Å²) in [5, 5.41) is 5.50. The molecule has 2 aromatic rings. The Morgan fingerprint density at radius 3 is 2.66 bits per heavy atom. The lowest BCUT2D eigenvalue weighted by atomic mass is 10.1. The molecule has 0 spiro atoms. The summed E-state index contributed by atoms with van der Waals surface area (Å²) in [6.45, 7) is 8.66. The van der Waals surface area contributed by atoms with Crippen LogP contribution in [-0.2, 0) is 17.8 Å². The molecular weight excluding hydrogens is 368 g/mol. The summed E-state index contributed by atoms with van der Waals surface area (Å²) in [7, 11) is 0. The van der Waals surface area contributed by atoms with Crippen molar-refractivity contribution < 1.29 is 19.1 Å². The molecule has 2 N–H and O–H groups in total. The second kappa shape index (κ2) is 8.99. The van der Waals surface area contributed by atoms with Gasteiger partial charge in [-0.05, 0) is 63.1 Å². The van der Waals surface area contributed by atoms with E-state index in [2.05, 4.69) is 10.6 Å². The molecule has 0 aliphatic carbocycles. The van der Waals surface area contributed by atoms with Gasteiger partial charge in [0.1, 0.15) is 17.6 Å². The van der Waals surface area contributed by atoms with Crippen LogP contribution in [0.25, 0.3) is 0 Å². The maximum Gasteiger partial charge on any atom is 0.251 e. The molecule has 0 radical (unpaired) electrons. The smallest absolute Gasteiger partial charge is 0.251 e. The van der Waals surface area contributed by atoms with Gasteiger partial charge in [-0.25, -0.2) is 0 Å². The van der Waals surface area contributed by atoms with Gasteiger partial charge in [-0.3, -0.25) is 9.59 Å². The van der Waals surface area contributed by atoms with Crippen LogP contribution in [0.15, 0.2) is 30.3 Å². The van der Waals surface area contributed by atoms with Gasteiger partial charge in [-0.1, -0.05) is 6.07 Å². The fraction of sp³-hybridized carbons (Fsp3) is 0.391. The van der Waals surface area contributed by atoms with E-state index in [1.807, 2.05) is 52.0 Å². The SMILES string of the molecule is CCOc1cc2c(cc1CNC(=O)CNC(=O)c1ccc(C)c(C)c1)O[C@H](C)C2. The summed E-state index contributed by atoms with van der Waals surface area (Å²) < 4.78 is 11.5. The zero-order valence-electron chi connectivity index (χ0n) is 17.4. The number of hydrogen-bond donors (Lipinski definition) is 2. The molecule has 1 aliphatic rings. The second-order valence-corrected chi connectivity index (χ2v) is 7.39. The van der Waals surface area contributed by atoms with E-state index < -0.39 is 0 Å². The minimum absolute atomic E-state index is 0.0891. The van der Waals surface area contributed by atoms with Crippen molar-refractivity contribution in [1.82, 2.24) is 10.6 Å². The van der Waals surface area contributed by atoms with Crippen LogP contribution in [0, 0.1) is 13.8 Å². The zero-order valence-corrected chi connectivity index (χ0v) is 17.4. The molecule has 2 aromatic carbocycles. The number of rotatable bonds is 7. The predicted octanol–water partition coefficient (Wildman–Crippen LogP) is 3.07. The molecule has 0 fully saturated rings. The molecule has 6 heteroatoms. The largest absolute Gasteiger partial charge is 0.494 e. The van der Waals surface area contributed by atoms with Crippen molar-refractivity contribution in [3.63, 3.8) is 0 Å². The molecule has 0 bridgehead atoms. The molecule has 3 rings (SSSR count). The van der Waals surface area contributed by atoms with Crippen molar-refractivity contribution in [2.24, 2.45) is 0 Å². The number of carbonyl (C=O) groups excluding carboxylic acids is 2. The minimum Gasteiger partial charge on any atom is -0.494 e. The van der Waals surface area contributed by atoms with Crippen molar-refractivity contribution in [3.8, 4) is 11.5 Å². The number of ether oxygens (including phenoxy) is 2. The van der Waals surface area contributed by atoms with Gasteiger partial charge in [0, 0.05) is 29.7 Å². The molecular formula is C23H28N2O4. The van der Waals surface area contributed by atoms with Crippen LogP contribution in [0.5, 0.6) is 11.5 Å². The van der Waals surface area contributed by atoms with Crippen LogP contribution in [0.3, 0.4) is 0 Å². The van der Waals surface area contributed by atoms with Crippen LogP contribution in [-0.4, -0.2) is 31.1 Å². The van der Waals surface area contributed by atoms with Crippen molar-refractivity contribution in [2.45, 2.75) is 46.8 Å². The predicted molar refractivity (Wildman–Crippen MR) is 112 cm³/mol. The van der Waals surface area contributed by atoms with E-state index >= 15 is 0 Å². The Morgan fingerprint density at radius 2 is 1.93 bits per heavy atom. The summed E-state index contributed by atoms with van der Waals surface area (Å²) in [5.74, 6) is 1.06. The van der Waals surface area contributed by atoms with Gasteiger partial charge < -0.3 is 20.1 Å². The van der Waals surface area contributed by atoms with E-state index in [1.165, 1.54) is 0 Å². The van der Waals surface area contributed by atoms with E-state index in [0.29, 0.717) is 18.7 Å². The van der Waals surface area contributed by atoms with E-state index in [0.717, 1.165) is 40.2 Å². The fourth-order valence-corrected chi connectivity index (χ4v) is 3.31. The van der Waals surface area contributed by atoms with Gasteiger partial charge in [0.25, 0.3) is 5.91 Å². The second-order valence-electron chi connectivity index (χ2n) is 7.39. The minimum atomic E-state index is -0.266. The van der Waals surface area contributed by atoms with E-state index in [-0.39, 0.29) is 24.5 Å². The first-order valence-electron chi connectivity index (χ1n) is 9.94. The summed E-state index contributed by atoms with van der Waals surface area (Å²) in [6.07, 6.45) is 0.997. The van der Waals surface area contributed by atoms with Crippen LogP contribution < -0.4 is 20.1 Å². The molecule has 2 amide bonds. The van der Waals surface area contributed by atoms with Crippen molar-refractivity contribution in [2.75, 3.05) is 13.2 Å². The Labute approximate surface area is 171 Å². The molecule has 0 aromatic heterocycles. The molecule has 0 unspecified atom stereocenters. The number of hydrogen-bond acceptors (Lipinski definition) is 4. The molecule has 0 saturated carbocycles. The summed E-state index contributed by atoms with van der Waals surface area (Å²) in [4.78, 5) is 24.5. The first kappa shape index (κ1) is 20.7. The third-order valence-corrected chi connectivity index (χ3v) is 5.03. The molecule has 1 heterocycles. The molecule has 29 heavy (non-hydrogen) atoms. The highest BCUT2D eigenvalue weighted by Gasteiger charge is 2.22. The Morgan fingerprint density at radius 1 is 1.14 bits per heavy atom. The number of benzene rings is 2. The lowest BCUT2D eigenvalue weighted by Gasteiger charge is -2.13. The maximum atomic E-state index is 12.3. The summed E-state index contributed by atoms with van der Waals surface area (Å²) >= 11 is 0. The third kappa shape index (κ3) is 5.08. The van der Waals surface area contributed by atoms with Gasteiger partial charge in [0.15, 0.2) is 0 Å². The van der Waals surface area contributed by atoms with Crippen LogP contribution in [0.4, 0.5) is 0 Å². The number of nitrogens with one attached hydrogen (secondary N) is 2. The van der Waals surface area contributed by atoms with E-state index in [1.54, 1.807) is 6.07 Å². The van der Waals surface area contributed by atoms with E-state index in [9.17, 15) is 9.59 Å². The summed E-state index contributed by atoms with van der Waals surface area (Å²) in [5.41, 5.74) is 4.69. The van der Waals surface area contributed by atoms with Gasteiger partial charge in [0.2, 0.25) is 5.91 Å². The molecule has 154 valence electrons. The number of carbonyl (C=O) groups is 2. The van der Waals surface area contributed by atoms with Crippen LogP contribution in [0.1, 0.15) is 46.5 Å². The Hall–Kier alpha value is -3.02. The van der Waals surface area contributed by atoms with Crippen molar-refractivity contribution in [1.29, 1.82) is 0 Å². The summed E-state index contributed by atoms with van der Waals surface area (Å²) in [6, 6.07) is 9.40. The Kier molecular flexibility index (Phi) is 6.42. The van der Waals surface area contributed by atoms with E-state index in [4.69, 9.17) is 9.47 Å². The van der Waals surface area contributed by atoms with Crippen molar-refractivity contribution >= 4 is 11.8 Å². The number of amides is 2. The zero-order chi connectivity index (χ0) is 21.0. The monoisotopic (exact) mass is 396 g/mol. The third-order valence-electron chi connectivity index (χ3n) is 5.03. The number of fused-ring (bicyclic) bond motifs is 1. The average molecular weight is 396 g/mol. The van der Waals surface area contributed by atoms with Gasteiger partial charge >= 0.3 is 0 Å². The quantitative estimate of drug-likeness (QED) is 0.754. The normalized spacial score (nSPS) is 14.7. The molecule has 6 nitrogen and oxygen atoms in total. The fourth-order valence-electron chi connectivity index (χ4n) is 3.31. The highest BCUT2D eigenvalue weighted by atomic mass is 16.5.